The van der Waals surface area contributed by atoms with Crippen LogP contribution in [0.15, 0.2) is 12.1 Å². The maximum atomic E-state index is 9.89. The van der Waals surface area contributed by atoms with Gasteiger partial charge < -0.3 is 15.6 Å². The SMILES string of the molecule is COc1ccc(C)c(O)c1C(C)(C)N. The van der Waals surface area contributed by atoms with E-state index in [0.29, 0.717) is 11.3 Å². The number of phenols is 1. The van der Waals surface area contributed by atoms with Crippen molar-refractivity contribution in [1.29, 1.82) is 0 Å². The topological polar surface area (TPSA) is 55.5 Å². The van der Waals surface area contributed by atoms with Gasteiger partial charge in [-0.1, -0.05) is 6.07 Å². The molecule has 0 aliphatic carbocycles. The molecule has 0 amide bonds. The molecular weight excluding hydrogens is 178 g/mol. The summed E-state index contributed by atoms with van der Waals surface area (Å²) in [6.07, 6.45) is 0. The zero-order valence-corrected chi connectivity index (χ0v) is 9.09. The van der Waals surface area contributed by atoms with Crippen LogP contribution < -0.4 is 10.5 Å². The number of hydrogen-bond donors (Lipinski definition) is 2. The van der Waals surface area contributed by atoms with Gasteiger partial charge in [0.25, 0.3) is 0 Å². The third kappa shape index (κ3) is 1.82. The molecule has 0 spiro atoms. The number of phenolic OH excluding ortho intramolecular Hbond substituents is 1. The van der Waals surface area contributed by atoms with Crippen LogP contribution in [0.5, 0.6) is 11.5 Å². The number of ether oxygens (including phenoxy) is 1. The van der Waals surface area contributed by atoms with Crippen molar-refractivity contribution >= 4 is 0 Å². The van der Waals surface area contributed by atoms with E-state index in [9.17, 15) is 5.11 Å². The molecule has 3 N–H and O–H groups in total. The van der Waals surface area contributed by atoms with Gasteiger partial charge in [-0.15, -0.1) is 0 Å². The predicted octanol–water partition coefficient (Wildman–Crippen LogP) is 1.90. The van der Waals surface area contributed by atoms with Crippen LogP contribution in [0.25, 0.3) is 0 Å². The van der Waals surface area contributed by atoms with Crippen molar-refractivity contribution in [1.82, 2.24) is 0 Å². The Morgan fingerprint density at radius 1 is 1.36 bits per heavy atom. The molecule has 0 bridgehead atoms. The van der Waals surface area contributed by atoms with Gasteiger partial charge in [0.05, 0.1) is 12.7 Å². The molecule has 0 fully saturated rings. The second kappa shape index (κ2) is 3.50. The number of benzene rings is 1. The molecular formula is C11H17NO2. The summed E-state index contributed by atoms with van der Waals surface area (Å²) in [6.45, 7) is 5.51. The monoisotopic (exact) mass is 195 g/mol. The highest BCUT2D eigenvalue weighted by Gasteiger charge is 2.24. The lowest BCUT2D eigenvalue weighted by molar-refractivity contribution is 0.376. The zero-order valence-electron chi connectivity index (χ0n) is 9.09. The number of aryl methyl sites for hydroxylation is 1. The number of hydrogen-bond acceptors (Lipinski definition) is 3. The van der Waals surface area contributed by atoms with E-state index in [1.807, 2.05) is 32.9 Å². The van der Waals surface area contributed by atoms with Gasteiger partial charge in [0.1, 0.15) is 11.5 Å². The van der Waals surface area contributed by atoms with E-state index in [2.05, 4.69) is 0 Å². The van der Waals surface area contributed by atoms with E-state index in [1.54, 1.807) is 7.11 Å². The summed E-state index contributed by atoms with van der Waals surface area (Å²) < 4.78 is 5.17. The Labute approximate surface area is 84.5 Å². The number of aromatic hydroxyl groups is 1. The minimum absolute atomic E-state index is 0.219. The molecule has 0 aromatic heterocycles. The largest absolute Gasteiger partial charge is 0.507 e. The maximum Gasteiger partial charge on any atom is 0.127 e. The molecule has 1 aromatic rings. The van der Waals surface area contributed by atoms with E-state index in [1.165, 1.54) is 0 Å². The molecule has 0 aliphatic rings. The van der Waals surface area contributed by atoms with Gasteiger partial charge in [0.15, 0.2) is 0 Å². The Morgan fingerprint density at radius 3 is 2.36 bits per heavy atom. The van der Waals surface area contributed by atoms with Gasteiger partial charge in [-0.2, -0.15) is 0 Å². The fourth-order valence-electron chi connectivity index (χ4n) is 1.47. The van der Waals surface area contributed by atoms with Crippen molar-refractivity contribution < 1.29 is 9.84 Å². The first-order valence-corrected chi connectivity index (χ1v) is 4.54. The van der Waals surface area contributed by atoms with Crippen molar-refractivity contribution in [3.8, 4) is 11.5 Å². The third-order valence-electron chi connectivity index (χ3n) is 2.21. The second-order valence-electron chi connectivity index (χ2n) is 4.03. The Bertz CT molecular complexity index is 340. The third-order valence-corrected chi connectivity index (χ3v) is 2.21. The van der Waals surface area contributed by atoms with Gasteiger partial charge in [0, 0.05) is 5.54 Å². The van der Waals surface area contributed by atoms with Crippen LogP contribution in [0.1, 0.15) is 25.0 Å². The Morgan fingerprint density at radius 2 is 1.93 bits per heavy atom. The van der Waals surface area contributed by atoms with Crippen LogP contribution in [0.4, 0.5) is 0 Å². The average molecular weight is 195 g/mol. The molecule has 1 rings (SSSR count). The standard InChI is InChI=1S/C11H17NO2/c1-7-5-6-8(14-4)9(10(7)13)11(2,3)12/h5-6,13H,12H2,1-4H3. The molecule has 3 heteroatoms. The zero-order chi connectivity index (χ0) is 10.9. The fraction of sp³-hybridized carbons (Fsp3) is 0.455. The van der Waals surface area contributed by atoms with Crippen molar-refractivity contribution in [2.45, 2.75) is 26.3 Å². The Kier molecular flexibility index (Phi) is 2.71. The highest BCUT2D eigenvalue weighted by molar-refractivity contribution is 5.52. The summed E-state index contributed by atoms with van der Waals surface area (Å²) in [6, 6.07) is 3.63. The van der Waals surface area contributed by atoms with Crippen LogP contribution in [-0.2, 0) is 5.54 Å². The Hall–Kier alpha value is -1.22. The maximum absolute atomic E-state index is 9.89. The summed E-state index contributed by atoms with van der Waals surface area (Å²) >= 11 is 0. The number of rotatable bonds is 2. The van der Waals surface area contributed by atoms with Gasteiger partial charge in [-0.25, -0.2) is 0 Å². The molecule has 0 aliphatic heterocycles. The summed E-state index contributed by atoms with van der Waals surface area (Å²) in [5.41, 5.74) is 6.81. The average Bonchev–Trinajstić information content (AvgIpc) is 2.07. The lowest BCUT2D eigenvalue weighted by Crippen LogP contribution is -2.29. The first-order valence-electron chi connectivity index (χ1n) is 4.54. The lowest BCUT2D eigenvalue weighted by Gasteiger charge is -2.24. The summed E-state index contributed by atoms with van der Waals surface area (Å²) in [7, 11) is 1.57. The van der Waals surface area contributed by atoms with Crippen molar-refractivity contribution in [2.24, 2.45) is 5.73 Å². The highest BCUT2D eigenvalue weighted by atomic mass is 16.5. The molecule has 0 saturated carbocycles. The quantitative estimate of drug-likeness (QED) is 0.757. The Balaban J connectivity index is 3.44. The summed E-state index contributed by atoms with van der Waals surface area (Å²) in [5.74, 6) is 0.845. The highest BCUT2D eigenvalue weighted by Crippen LogP contribution is 2.37. The second-order valence-corrected chi connectivity index (χ2v) is 4.03. The van der Waals surface area contributed by atoms with Crippen molar-refractivity contribution in [3.63, 3.8) is 0 Å². The predicted molar refractivity (Wildman–Crippen MR) is 56.6 cm³/mol. The normalized spacial score (nSPS) is 11.5. The molecule has 0 heterocycles. The minimum Gasteiger partial charge on any atom is -0.507 e. The fourth-order valence-corrected chi connectivity index (χ4v) is 1.47. The van der Waals surface area contributed by atoms with Gasteiger partial charge in [-0.05, 0) is 32.4 Å². The summed E-state index contributed by atoms with van der Waals surface area (Å²) in [5, 5.41) is 9.89. The van der Waals surface area contributed by atoms with Crippen LogP contribution in [0, 0.1) is 6.92 Å². The van der Waals surface area contributed by atoms with E-state index < -0.39 is 5.54 Å². The first-order chi connectivity index (χ1) is 6.38. The number of methoxy groups -OCH3 is 1. The molecule has 3 nitrogen and oxygen atoms in total. The van der Waals surface area contributed by atoms with Crippen LogP contribution in [-0.4, -0.2) is 12.2 Å². The van der Waals surface area contributed by atoms with Gasteiger partial charge >= 0.3 is 0 Å². The van der Waals surface area contributed by atoms with Crippen LogP contribution in [0.2, 0.25) is 0 Å². The van der Waals surface area contributed by atoms with E-state index in [4.69, 9.17) is 10.5 Å². The first kappa shape index (κ1) is 10.9. The van der Waals surface area contributed by atoms with Gasteiger partial charge in [-0.3, -0.25) is 0 Å². The van der Waals surface area contributed by atoms with Gasteiger partial charge in [0.2, 0.25) is 0 Å². The smallest absolute Gasteiger partial charge is 0.127 e. The lowest BCUT2D eigenvalue weighted by atomic mass is 9.92. The molecule has 14 heavy (non-hydrogen) atoms. The molecule has 0 saturated heterocycles. The van der Waals surface area contributed by atoms with Crippen LogP contribution in [0.3, 0.4) is 0 Å². The van der Waals surface area contributed by atoms with E-state index in [-0.39, 0.29) is 5.75 Å². The van der Waals surface area contributed by atoms with Crippen LogP contribution >= 0.6 is 0 Å². The van der Waals surface area contributed by atoms with Crippen molar-refractivity contribution in [2.75, 3.05) is 7.11 Å². The summed E-state index contributed by atoms with van der Waals surface area (Å²) in [4.78, 5) is 0. The molecule has 1 aromatic carbocycles. The van der Waals surface area contributed by atoms with Crippen molar-refractivity contribution in [3.05, 3.63) is 23.3 Å². The van der Waals surface area contributed by atoms with E-state index >= 15 is 0 Å². The molecule has 78 valence electrons. The van der Waals surface area contributed by atoms with E-state index in [0.717, 1.165) is 5.56 Å². The molecule has 0 unspecified atom stereocenters. The minimum atomic E-state index is -0.610. The number of nitrogens with two attached hydrogens (primary N) is 1. The molecule has 0 radical (unpaired) electrons. The molecule has 0 atom stereocenters.